The molecule has 0 aliphatic carbocycles. The Morgan fingerprint density at radius 3 is 2.22 bits per heavy atom. The molecule has 2 unspecified atom stereocenters. The molecule has 18 heavy (non-hydrogen) atoms. The molecule has 0 spiro atoms. The van der Waals surface area contributed by atoms with Crippen LogP contribution in [0.3, 0.4) is 0 Å². The highest BCUT2D eigenvalue weighted by Crippen LogP contribution is 2.31. The third-order valence-corrected chi connectivity index (χ3v) is 3.82. The number of hydrogen-bond acceptors (Lipinski definition) is 4. The van der Waals surface area contributed by atoms with E-state index in [4.69, 9.17) is 0 Å². The SMILES string of the molecule is Cl.O=[N+]([O-])c1ccc(N2CC3CNCC3C2)cc1. The quantitative estimate of drug-likeness (QED) is 0.655. The topological polar surface area (TPSA) is 58.4 Å². The van der Waals surface area contributed by atoms with Crippen molar-refractivity contribution in [1.29, 1.82) is 0 Å². The van der Waals surface area contributed by atoms with Crippen LogP contribution < -0.4 is 10.2 Å². The van der Waals surface area contributed by atoms with Crippen molar-refractivity contribution in [2.45, 2.75) is 0 Å². The summed E-state index contributed by atoms with van der Waals surface area (Å²) in [5.41, 5.74) is 1.26. The number of non-ortho nitro benzene ring substituents is 1. The average Bonchev–Trinajstić information content (AvgIpc) is 2.89. The van der Waals surface area contributed by atoms with Gasteiger partial charge in [0.2, 0.25) is 0 Å². The number of nitro benzene ring substituents is 1. The minimum absolute atomic E-state index is 0. The largest absolute Gasteiger partial charge is 0.371 e. The van der Waals surface area contributed by atoms with Crippen LogP contribution in [-0.2, 0) is 0 Å². The Balaban J connectivity index is 0.00000120. The fourth-order valence-corrected chi connectivity index (χ4v) is 2.85. The van der Waals surface area contributed by atoms with Crippen LogP contribution in [0.5, 0.6) is 0 Å². The Bertz CT molecular complexity index is 425. The third-order valence-electron chi connectivity index (χ3n) is 3.82. The van der Waals surface area contributed by atoms with Crippen molar-refractivity contribution in [3.8, 4) is 0 Å². The molecule has 6 heteroatoms. The van der Waals surface area contributed by atoms with Crippen molar-refractivity contribution >= 4 is 23.8 Å². The molecule has 0 aromatic heterocycles. The first kappa shape index (κ1) is 13.1. The summed E-state index contributed by atoms with van der Waals surface area (Å²) >= 11 is 0. The van der Waals surface area contributed by atoms with E-state index >= 15 is 0 Å². The highest BCUT2D eigenvalue weighted by atomic mass is 35.5. The number of anilines is 1. The Kier molecular flexibility index (Phi) is 3.73. The van der Waals surface area contributed by atoms with E-state index < -0.39 is 0 Å². The van der Waals surface area contributed by atoms with Gasteiger partial charge in [0.1, 0.15) is 0 Å². The molecule has 0 radical (unpaired) electrons. The van der Waals surface area contributed by atoms with Crippen LogP contribution in [-0.4, -0.2) is 31.1 Å². The minimum atomic E-state index is -0.355. The first-order valence-corrected chi connectivity index (χ1v) is 5.94. The summed E-state index contributed by atoms with van der Waals surface area (Å²) in [4.78, 5) is 12.6. The summed E-state index contributed by atoms with van der Waals surface area (Å²) in [5.74, 6) is 1.48. The lowest BCUT2D eigenvalue weighted by Gasteiger charge is -2.19. The number of nitrogens with zero attached hydrogens (tertiary/aromatic N) is 2. The summed E-state index contributed by atoms with van der Waals surface area (Å²) in [6, 6.07) is 6.88. The van der Waals surface area contributed by atoms with E-state index in [1.54, 1.807) is 12.1 Å². The molecular formula is C12H16ClN3O2. The van der Waals surface area contributed by atoms with Gasteiger partial charge in [0, 0.05) is 44.0 Å². The van der Waals surface area contributed by atoms with E-state index in [1.165, 1.54) is 0 Å². The Morgan fingerprint density at radius 2 is 1.72 bits per heavy atom. The van der Waals surface area contributed by atoms with Gasteiger partial charge in [0.05, 0.1) is 4.92 Å². The van der Waals surface area contributed by atoms with Gasteiger partial charge in [-0.3, -0.25) is 10.1 Å². The van der Waals surface area contributed by atoms with Crippen molar-refractivity contribution < 1.29 is 4.92 Å². The van der Waals surface area contributed by atoms with Crippen LogP contribution in [0.15, 0.2) is 24.3 Å². The Morgan fingerprint density at radius 1 is 1.17 bits per heavy atom. The molecule has 2 atom stereocenters. The van der Waals surface area contributed by atoms with Gasteiger partial charge >= 0.3 is 0 Å². The molecule has 1 aromatic rings. The van der Waals surface area contributed by atoms with E-state index in [0.717, 1.165) is 43.7 Å². The van der Waals surface area contributed by atoms with Crippen LogP contribution in [0.1, 0.15) is 0 Å². The van der Waals surface area contributed by atoms with Gasteiger partial charge in [0.25, 0.3) is 5.69 Å². The van der Waals surface area contributed by atoms with Crippen molar-refractivity contribution in [2.24, 2.45) is 11.8 Å². The fraction of sp³-hybridized carbons (Fsp3) is 0.500. The second-order valence-electron chi connectivity index (χ2n) is 4.86. The van der Waals surface area contributed by atoms with E-state index in [9.17, 15) is 10.1 Å². The third kappa shape index (κ3) is 2.28. The smallest absolute Gasteiger partial charge is 0.269 e. The minimum Gasteiger partial charge on any atom is -0.371 e. The zero-order chi connectivity index (χ0) is 11.8. The summed E-state index contributed by atoms with van der Waals surface area (Å²) in [6.07, 6.45) is 0. The van der Waals surface area contributed by atoms with E-state index in [2.05, 4.69) is 10.2 Å². The summed E-state index contributed by atoms with van der Waals surface area (Å²) in [6.45, 7) is 4.34. The fourth-order valence-electron chi connectivity index (χ4n) is 2.85. The molecule has 2 aliphatic heterocycles. The Hall–Kier alpha value is -1.33. The number of hydrogen-bond donors (Lipinski definition) is 1. The molecule has 1 N–H and O–H groups in total. The summed E-state index contributed by atoms with van der Waals surface area (Å²) < 4.78 is 0. The molecule has 3 rings (SSSR count). The second kappa shape index (κ2) is 5.12. The maximum Gasteiger partial charge on any atom is 0.269 e. The molecule has 0 saturated carbocycles. The van der Waals surface area contributed by atoms with Crippen molar-refractivity contribution in [2.75, 3.05) is 31.1 Å². The zero-order valence-electron chi connectivity index (χ0n) is 9.91. The molecule has 1 aromatic carbocycles. The second-order valence-corrected chi connectivity index (χ2v) is 4.86. The maximum absolute atomic E-state index is 10.6. The van der Waals surface area contributed by atoms with Gasteiger partial charge in [-0.1, -0.05) is 0 Å². The molecule has 2 aliphatic rings. The van der Waals surface area contributed by atoms with Crippen LogP contribution in [0.2, 0.25) is 0 Å². The number of nitro groups is 1. The number of fused-ring (bicyclic) bond motifs is 1. The van der Waals surface area contributed by atoms with Gasteiger partial charge in [-0.05, 0) is 24.0 Å². The molecule has 0 amide bonds. The first-order chi connectivity index (χ1) is 8.24. The monoisotopic (exact) mass is 269 g/mol. The lowest BCUT2D eigenvalue weighted by Crippen LogP contribution is -2.25. The lowest BCUT2D eigenvalue weighted by molar-refractivity contribution is -0.384. The van der Waals surface area contributed by atoms with E-state index in [1.807, 2.05) is 12.1 Å². The van der Waals surface area contributed by atoms with Crippen LogP contribution in [0, 0.1) is 22.0 Å². The number of benzene rings is 1. The van der Waals surface area contributed by atoms with Crippen LogP contribution in [0.4, 0.5) is 11.4 Å². The van der Waals surface area contributed by atoms with E-state index in [0.29, 0.717) is 0 Å². The predicted octanol–water partition coefficient (Wildman–Crippen LogP) is 1.67. The summed E-state index contributed by atoms with van der Waals surface area (Å²) in [7, 11) is 0. The van der Waals surface area contributed by atoms with Gasteiger partial charge < -0.3 is 10.2 Å². The van der Waals surface area contributed by atoms with Gasteiger partial charge in [-0.2, -0.15) is 0 Å². The molecule has 2 heterocycles. The van der Waals surface area contributed by atoms with E-state index in [-0.39, 0.29) is 23.0 Å². The van der Waals surface area contributed by atoms with Gasteiger partial charge in [-0.25, -0.2) is 0 Å². The molecule has 2 saturated heterocycles. The molecular weight excluding hydrogens is 254 g/mol. The molecule has 98 valence electrons. The Labute approximate surface area is 112 Å². The molecule has 0 bridgehead atoms. The van der Waals surface area contributed by atoms with Crippen LogP contribution in [0.25, 0.3) is 0 Å². The standard InChI is InChI=1S/C12H15N3O2.ClH/c16-15(17)12-3-1-11(2-4-12)14-7-9-5-13-6-10(9)8-14;/h1-4,9-10,13H,5-8H2;1H. The van der Waals surface area contributed by atoms with Gasteiger partial charge in [0.15, 0.2) is 0 Å². The predicted molar refractivity (Wildman–Crippen MR) is 72.4 cm³/mol. The van der Waals surface area contributed by atoms with Crippen molar-refractivity contribution in [3.63, 3.8) is 0 Å². The van der Waals surface area contributed by atoms with Gasteiger partial charge in [-0.15, -0.1) is 12.4 Å². The normalized spacial score (nSPS) is 25.7. The highest BCUT2D eigenvalue weighted by molar-refractivity contribution is 5.85. The highest BCUT2D eigenvalue weighted by Gasteiger charge is 2.36. The first-order valence-electron chi connectivity index (χ1n) is 5.94. The lowest BCUT2D eigenvalue weighted by atomic mass is 10.0. The van der Waals surface area contributed by atoms with Crippen molar-refractivity contribution in [3.05, 3.63) is 34.4 Å². The summed E-state index contributed by atoms with van der Waals surface area (Å²) in [5, 5.41) is 14.0. The number of nitrogens with one attached hydrogen (secondary N) is 1. The maximum atomic E-state index is 10.6. The average molecular weight is 270 g/mol. The van der Waals surface area contributed by atoms with Crippen LogP contribution >= 0.6 is 12.4 Å². The molecule has 5 nitrogen and oxygen atoms in total. The number of rotatable bonds is 2. The molecule has 2 fully saturated rings. The number of halogens is 1. The zero-order valence-corrected chi connectivity index (χ0v) is 10.7. The van der Waals surface area contributed by atoms with Crippen molar-refractivity contribution in [1.82, 2.24) is 5.32 Å².